The van der Waals surface area contributed by atoms with Crippen LogP contribution < -0.4 is 0 Å². The van der Waals surface area contributed by atoms with Gasteiger partial charge in [-0.3, -0.25) is 0 Å². The maximum absolute atomic E-state index is 14.2. The average Bonchev–Trinajstić information content (AvgIpc) is 2.89. The van der Waals surface area contributed by atoms with Gasteiger partial charge in [0.2, 0.25) is 12.1 Å². The molecule has 2 unspecified atom stereocenters. The SMILES string of the molecule is CCOC(OCC)C1(O)OCCC1C(F)(F)C(F)(F)C(F)(F)C(F)(F)F. The zero-order chi connectivity index (χ0) is 20.6. The van der Waals surface area contributed by atoms with Crippen molar-refractivity contribution in [2.45, 2.75) is 56.3 Å². The fourth-order valence-electron chi connectivity index (χ4n) is 2.52. The van der Waals surface area contributed by atoms with Gasteiger partial charge < -0.3 is 19.3 Å². The Morgan fingerprint density at radius 1 is 0.962 bits per heavy atom. The van der Waals surface area contributed by atoms with Crippen molar-refractivity contribution in [3.8, 4) is 0 Å². The van der Waals surface area contributed by atoms with Crippen LogP contribution in [-0.4, -0.2) is 60.9 Å². The molecule has 0 aromatic carbocycles. The Hall–Kier alpha value is -0.790. The second-order valence-electron chi connectivity index (χ2n) is 5.45. The van der Waals surface area contributed by atoms with E-state index in [1.807, 2.05) is 0 Å². The Labute approximate surface area is 142 Å². The predicted octanol–water partition coefficient (Wildman–Crippen LogP) is 3.58. The van der Waals surface area contributed by atoms with Crippen LogP contribution in [0.5, 0.6) is 0 Å². The maximum atomic E-state index is 14.2. The lowest BCUT2D eigenvalue weighted by atomic mass is 9.84. The summed E-state index contributed by atoms with van der Waals surface area (Å²) in [5.41, 5.74) is 0. The van der Waals surface area contributed by atoms with Crippen molar-refractivity contribution in [1.82, 2.24) is 0 Å². The summed E-state index contributed by atoms with van der Waals surface area (Å²) in [7, 11) is 0. The second-order valence-corrected chi connectivity index (χ2v) is 5.45. The standard InChI is InChI=1S/C13H17F9O4/c1-3-24-8(25-4-2)9(23)7(5-6-26-9)10(14,15)11(16,17)12(18,19)13(20,21)22/h7-8,23H,3-6H2,1-2H3. The van der Waals surface area contributed by atoms with E-state index in [1.54, 1.807) is 0 Å². The minimum Gasteiger partial charge on any atom is -0.361 e. The zero-order valence-electron chi connectivity index (χ0n) is 13.6. The number of alkyl halides is 9. The maximum Gasteiger partial charge on any atom is 0.460 e. The van der Waals surface area contributed by atoms with Crippen molar-refractivity contribution < 1.29 is 58.8 Å². The third-order valence-electron chi connectivity index (χ3n) is 3.82. The lowest BCUT2D eigenvalue weighted by molar-refractivity contribution is -0.423. The first-order valence-corrected chi connectivity index (χ1v) is 7.40. The van der Waals surface area contributed by atoms with Crippen LogP contribution in [0.25, 0.3) is 0 Å². The van der Waals surface area contributed by atoms with Crippen LogP contribution in [0, 0.1) is 5.92 Å². The van der Waals surface area contributed by atoms with Gasteiger partial charge in [0.25, 0.3) is 0 Å². The highest BCUT2D eigenvalue weighted by molar-refractivity contribution is 5.07. The fourth-order valence-corrected chi connectivity index (χ4v) is 2.52. The number of hydrogen-bond donors (Lipinski definition) is 1. The van der Waals surface area contributed by atoms with E-state index in [-0.39, 0.29) is 13.2 Å². The Balaban J connectivity index is 3.36. The summed E-state index contributed by atoms with van der Waals surface area (Å²) < 4.78 is 133. The van der Waals surface area contributed by atoms with Gasteiger partial charge in [0.1, 0.15) is 0 Å². The van der Waals surface area contributed by atoms with Gasteiger partial charge in [0.05, 0.1) is 12.5 Å². The van der Waals surface area contributed by atoms with Crippen LogP contribution in [0.15, 0.2) is 0 Å². The number of aliphatic hydroxyl groups is 1. The average molecular weight is 408 g/mol. The quantitative estimate of drug-likeness (QED) is 0.493. The zero-order valence-corrected chi connectivity index (χ0v) is 13.6. The molecule has 1 rings (SSSR count). The van der Waals surface area contributed by atoms with Gasteiger partial charge in [-0.25, -0.2) is 0 Å². The van der Waals surface area contributed by atoms with Gasteiger partial charge in [-0.15, -0.1) is 0 Å². The molecule has 1 saturated heterocycles. The molecule has 0 spiro atoms. The third-order valence-corrected chi connectivity index (χ3v) is 3.82. The van der Waals surface area contributed by atoms with Crippen LogP contribution in [0.2, 0.25) is 0 Å². The molecule has 0 radical (unpaired) electrons. The molecule has 26 heavy (non-hydrogen) atoms. The molecule has 1 N–H and O–H groups in total. The third kappa shape index (κ3) is 3.50. The minimum atomic E-state index is -7.06. The number of ether oxygens (including phenoxy) is 3. The first-order chi connectivity index (χ1) is 11.6. The largest absolute Gasteiger partial charge is 0.460 e. The fraction of sp³-hybridized carbons (Fsp3) is 1.00. The Morgan fingerprint density at radius 2 is 1.42 bits per heavy atom. The molecule has 1 heterocycles. The van der Waals surface area contributed by atoms with E-state index >= 15 is 0 Å². The molecule has 2 atom stereocenters. The van der Waals surface area contributed by atoms with Crippen molar-refractivity contribution in [1.29, 1.82) is 0 Å². The van der Waals surface area contributed by atoms with Crippen molar-refractivity contribution in [3.63, 3.8) is 0 Å². The van der Waals surface area contributed by atoms with E-state index in [1.165, 1.54) is 13.8 Å². The molecule has 0 bridgehead atoms. The molecule has 1 aliphatic heterocycles. The normalized spacial score (nSPS) is 26.0. The van der Waals surface area contributed by atoms with Gasteiger partial charge in [-0.1, -0.05) is 0 Å². The number of halogens is 9. The summed E-state index contributed by atoms with van der Waals surface area (Å²) in [5.74, 6) is -26.4. The highest BCUT2D eigenvalue weighted by Gasteiger charge is 2.85. The number of hydrogen-bond acceptors (Lipinski definition) is 4. The molecule has 0 aliphatic carbocycles. The van der Waals surface area contributed by atoms with Gasteiger partial charge >= 0.3 is 23.9 Å². The van der Waals surface area contributed by atoms with Gasteiger partial charge in [0, 0.05) is 13.2 Å². The van der Waals surface area contributed by atoms with Crippen LogP contribution >= 0.6 is 0 Å². The van der Waals surface area contributed by atoms with Crippen LogP contribution in [0.4, 0.5) is 39.5 Å². The summed E-state index contributed by atoms with van der Waals surface area (Å²) in [5, 5.41) is 10.2. The van der Waals surface area contributed by atoms with Crippen molar-refractivity contribution in [3.05, 3.63) is 0 Å². The Kier molecular flexibility index (Phi) is 6.55. The molecule has 1 fully saturated rings. The lowest BCUT2D eigenvalue weighted by Gasteiger charge is -2.42. The van der Waals surface area contributed by atoms with Gasteiger partial charge in [-0.05, 0) is 20.3 Å². The second kappa shape index (κ2) is 7.32. The van der Waals surface area contributed by atoms with Crippen LogP contribution in [0.1, 0.15) is 20.3 Å². The first-order valence-electron chi connectivity index (χ1n) is 7.40. The van der Waals surface area contributed by atoms with E-state index in [0.29, 0.717) is 0 Å². The summed E-state index contributed by atoms with van der Waals surface area (Å²) in [4.78, 5) is 0. The minimum absolute atomic E-state index is 0.288. The molecule has 156 valence electrons. The lowest BCUT2D eigenvalue weighted by Crippen LogP contribution is -2.67. The number of rotatable bonds is 8. The van der Waals surface area contributed by atoms with E-state index < -0.39 is 55.0 Å². The Bertz CT molecular complexity index is 477. The van der Waals surface area contributed by atoms with Crippen molar-refractivity contribution >= 4 is 0 Å². The molecule has 0 aromatic heterocycles. The van der Waals surface area contributed by atoms with Gasteiger partial charge in [0.15, 0.2) is 0 Å². The van der Waals surface area contributed by atoms with E-state index in [9.17, 15) is 44.6 Å². The molecular formula is C13H17F9O4. The molecule has 1 aliphatic rings. The molecule has 0 aromatic rings. The molecular weight excluding hydrogens is 391 g/mol. The first kappa shape index (κ1) is 23.2. The molecule has 4 nitrogen and oxygen atoms in total. The smallest absolute Gasteiger partial charge is 0.361 e. The van der Waals surface area contributed by atoms with Crippen molar-refractivity contribution in [2.24, 2.45) is 5.92 Å². The highest BCUT2D eigenvalue weighted by atomic mass is 19.4. The monoisotopic (exact) mass is 408 g/mol. The summed E-state index contributed by atoms with van der Waals surface area (Å²) in [6, 6.07) is 0. The predicted molar refractivity (Wildman–Crippen MR) is 66.9 cm³/mol. The van der Waals surface area contributed by atoms with E-state index in [0.717, 1.165) is 0 Å². The van der Waals surface area contributed by atoms with E-state index in [4.69, 9.17) is 9.47 Å². The molecule has 0 amide bonds. The summed E-state index contributed by atoms with van der Waals surface area (Å²) in [6.45, 7) is 1.22. The Morgan fingerprint density at radius 3 is 1.81 bits per heavy atom. The summed E-state index contributed by atoms with van der Waals surface area (Å²) >= 11 is 0. The van der Waals surface area contributed by atoms with E-state index in [2.05, 4.69) is 4.74 Å². The summed E-state index contributed by atoms with van der Waals surface area (Å²) in [6.07, 6.45) is -10.2. The van der Waals surface area contributed by atoms with Crippen LogP contribution in [0.3, 0.4) is 0 Å². The molecule has 0 saturated carbocycles. The molecule has 13 heteroatoms. The van der Waals surface area contributed by atoms with Crippen LogP contribution in [-0.2, 0) is 14.2 Å². The van der Waals surface area contributed by atoms with Crippen molar-refractivity contribution in [2.75, 3.05) is 19.8 Å². The topological polar surface area (TPSA) is 47.9 Å². The highest BCUT2D eigenvalue weighted by Crippen LogP contribution is 2.58. The van der Waals surface area contributed by atoms with Gasteiger partial charge in [-0.2, -0.15) is 39.5 Å².